The maximum Gasteiger partial charge on any atom is 0.338 e. The Labute approximate surface area is 162 Å². The summed E-state index contributed by atoms with van der Waals surface area (Å²) in [6.45, 7) is 0.0777. The zero-order valence-corrected chi connectivity index (χ0v) is 16.4. The van der Waals surface area contributed by atoms with E-state index in [0.717, 1.165) is 4.31 Å². The smallest absolute Gasteiger partial charge is 0.338 e. The second-order valence-electron chi connectivity index (χ2n) is 5.35. The highest BCUT2D eigenvalue weighted by Crippen LogP contribution is 2.25. The lowest BCUT2D eigenvalue weighted by Crippen LogP contribution is -2.23. The number of benzene rings is 2. The van der Waals surface area contributed by atoms with Crippen molar-refractivity contribution in [3.8, 4) is 5.75 Å². The van der Waals surface area contributed by atoms with E-state index in [2.05, 4.69) is 0 Å². The third kappa shape index (κ3) is 4.88. The van der Waals surface area contributed by atoms with Gasteiger partial charge in [0.2, 0.25) is 10.0 Å². The number of nitrogens with zero attached hydrogens (tertiary/aromatic N) is 1. The summed E-state index contributed by atoms with van der Waals surface area (Å²) in [7, 11) is -1.02. The molecule has 2 rings (SSSR count). The zero-order chi connectivity index (χ0) is 19.3. The first kappa shape index (κ1) is 20.5. The largest absolute Gasteiger partial charge is 0.488 e. The van der Waals surface area contributed by atoms with Crippen LogP contribution in [0.3, 0.4) is 0 Å². The molecule has 0 aliphatic rings. The minimum atomic E-state index is -3.78. The van der Waals surface area contributed by atoms with Gasteiger partial charge in [0, 0.05) is 14.1 Å². The molecular weight excluding hydrogens is 401 g/mol. The molecule has 0 amide bonds. The first-order valence-electron chi connectivity index (χ1n) is 7.50. The van der Waals surface area contributed by atoms with E-state index in [1.54, 1.807) is 24.3 Å². The van der Waals surface area contributed by atoms with Crippen LogP contribution in [0.5, 0.6) is 5.75 Å². The van der Waals surface area contributed by atoms with Gasteiger partial charge >= 0.3 is 5.97 Å². The van der Waals surface area contributed by atoms with Crippen LogP contribution in [0.4, 0.5) is 0 Å². The molecule has 140 valence electrons. The molecule has 6 nitrogen and oxygen atoms in total. The molecule has 0 spiro atoms. The Bertz CT molecular complexity index is 900. The van der Waals surface area contributed by atoms with Crippen molar-refractivity contribution >= 4 is 39.2 Å². The van der Waals surface area contributed by atoms with Crippen LogP contribution in [-0.4, -0.2) is 46.0 Å². The highest BCUT2D eigenvalue weighted by molar-refractivity contribution is 7.89. The molecule has 0 saturated heterocycles. The zero-order valence-electron chi connectivity index (χ0n) is 14.1. The third-order valence-corrected chi connectivity index (χ3v) is 5.95. The molecule has 0 heterocycles. The highest BCUT2D eigenvalue weighted by atomic mass is 35.5. The number of sulfonamides is 1. The lowest BCUT2D eigenvalue weighted by Gasteiger charge is -2.14. The molecule has 9 heteroatoms. The quantitative estimate of drug-likeness (QED) is 0.509. The molecule has 0 saturated carbocycles. The summed E-state index contributed by atoms with van der Waals surface area (Å²) in [6, 6.07) is 10.9. The summed E-state index contributed by atoms with van der Waals surface area (Å²) < 4.78 is 36.0. The maximum atomic E-state index is 12.2. The van der Waals surface area contributed by atoms with Crippen LogP contribution in [-0.2, 0) is 14.8 Å². The second kappa shape index (κ2) is 8.73. The summed E-state index contributed by atoms with van der Waals surface area (Å²) in [5.41, 5.74) is 0.0765. The molecule has 26 heavy (non-hydrogen) atoms. The number of rotatable bonds is 7. The number of carbonyl (C=O) groups excluding carboxylic acids is 1. The number of halogens is 2. The molecule has 0 fully saturated rings. The molecule has 2 aromatic carbocycles. The number of para-hydroxylation sites is 1. The lowest BCUT2D eigenvalue weighted by atomic mass is 10.2. The molecular formula is C17H17Cl2NO5S. The predicted molar refractivity (Wildman–Crippen MR) is 99.6 cm³/mol. The summed E-state index contributed by atoms with van der Waals surface area (Å²) >= 11 is 11.9. The Balaban J connectivity index is 2.01. The molecule has 0 unspecified atom stereocenters. The Morgan fingerprint density at radius 2 is 1.73 bits per heavy atom. The van der Waals surface area contributed by atoms with Gasteiger partial charge in [-0.25, -0.2) is 17.5 Å². The SMILES string of the molecule is CN(C)S(=O)(=O)c1cc(C(=O)OCCOc2ccccc2Cl)ccc1Cl. The molecule has 0 bridgehead atoms. The maximum absolute atomic E-state index is 12.2. The van der Waals surface area contributed by atoms with Crippen molar-refractivity contribution in [1.82, 2.24) is 4.31 Å². The van der Waals surface area contributed by atoms with E-state index in [9.17, 15) is 13.2 Å². The minimum Gasteiger partial charge on any atom is -0.488 e. The van der Waals surface area contributed by atoms with Crippen molar-refractivity contribution < 1.29 is 22.7 Å². The molecule has 2 aromatic rings. The van der Waals surface area contributed by atoms with Crippen molar-refractivity contribution in [2.24, 2.45) is 0 Å². The summed E-state index contributed by atoms with van der Waals surface area (Å²) in [4.78, 5) is 12.0. The number of ether oxygens (including phenoxy) is 2. The van der Waals surface area contributed by atoms with Crippen molar-refractivity contribution in [3.05, 3.63) is 58.1 Å². The van der Waals surface area contributed by atoms with Crippen LogP contribution in [0.2, 0.25) is 10.0 Å². The average molecular weight is 418 g/mol. The number of esters is 1. The molecule has 0 N–H and O–H groups in total. The van der Waals surface area contributed by atoms with Gasteiger partial charge in [-0.15, -0.1) is 0 Å². The van der Waals surface area contributed by atoms with Gasteiger partial charge in [-0.2, -0.15) is 0 Å². The monoisotopic (exact) mass is 417 g/mol. The number of hydrogen-bond acceptors (Lipinski definition) is 5. The molecule has 0 aliphatic carbocycles. The Morgan fingerprint density at radius 3 is 2.38 bits per heavy atom. The topological polar surface area (TPSA) is 72.9 Å². The number of carbonyl (C=O) groups is 1. The van der Waals surface area contributed by atoms with E-state index < -0.39 is 16.0 Å². The molecule has 0 aliphatic heterocycles. The van der Waals surface area contributed by atoms with Gasteiger partial charge < -0.3 is 9.47 Å². The molecule has 0 radical (unpaired) electrons. The standard InChI is InChI=1S/C17H17Cl2NO5S/c1-20(2)26(22,23)16-11-12(7-8-14(16)19)17(21)25-10-9-24-15-6-4-3-5-13(15)18/h3-8,11H,9-10H2,1-2H3. The fraction of sp³-hybridized carbons (Fsp3) is 0.235. The van der Waals surface area contributed by atoms with Crippen LogP contribution >= 0.6 is 23.2 Å². The lowest BCUT2D eigenvalue weighted by molar-refractivity contribution is 0.0450. The van der Waals surface area contributed by atoms with E-state index in [4.69, 9.17) is 32.7 Å². The van der Waals surface area contributed by atoms with Crippen LogP contribution in [0.15, 0.2) is 47.4 Å². The van der Waals surface area contributed by atoms with E-state index in [1.165, 1.54) is 32.3 Å². The van der Waals surface area contributed by atoms with E-state index in [0.29, 0.717) is 10.8 Å². The van der Waals surface area contributed by atoms with Crippen LogP contribution in [0.25, 0.3) is 0 Å². The van der Waals surface area contributed by atoms with E-state index >= 15 is 0 Å². The fourth-order valence-corrected chi connectivity index (χ4v) is 3.54. The molecule has 0 aromatic heterocycles. The molecule has 0 atom stereocenters. The summed E-state index contributed by atoms with van der Waals surface area (Å²) in [5, 5.41) is 0.479. The average Bonchev–Trinajstić information content (AvgIpc) is 2.60. The summed E-state index contributed by atoms with van der Waals surface area (Å²) in [5.74, 6) is -0.198. The van der Waals surface area contributed by atoms with Gasteiger partial charge in [0.1, 0.15) is 23.9 Å². The Hall–Kier alpha value is -1.80. The highest BCUT2D eigenvalue weighted by Gasteiger charge is 2.22. The first-order chi connectivity index (χ1) is 12.2. The van der Waals surface area contributed by atoms with Crippen molar-refractivity contribution in [2.45, 2.75) is 4.90 Å². The third-order valence-electron chi connectivity index (χ3n) is 3.34. The number of hydrogen-bond donors (Lipinski definition) is 0. The first-order valence-corrected chi connectivity index (χ1v) is 9.69. The van der Waals surface area contributed by atoms with Crippen molar-refractivity contribution in [1.29, 1.82) is 0 Å². The Kier molecular flexibility index (Phi) is 6.88. The van der Waals surface area contributed by atoms with Gasteiger partial charge in [0.15, 0.2) is 0 Å². The van der Waals surface area contributed by atoms with E-state index in [1.807, 2.05) is 0 Å². The van der Waals surface area contributed by atoms with Gasteiger partial charge in [-0.05, 0) is 30.3 Å². The van der Waals surface area contributed by atoms with Gasteiger partial charge in [0.05, 0.1) is 15.6 Å². The van der Waals surface area contributed by atoms with Gasteiger partial charge in [0.25, 0.3) is 0 Å². The van der Waals surface area contributed by atoms with Gasteiger partial charge in [-0.3, -0.25) is 0 Å². The van der Waals surface area contributed by atoms with Gasteiger partial charge in [-0.1, -0.05) is 35.3 Å². The fourth-order valence-electron chi connectivity index (χ4n) is 1.96. The van der Waals surface area contributed by atoms with Crippen molar-refractivity contribution in [2.75, 3.05) is 27.3 Å². The van der Waals surface area contributed by atoms with Crippen molar-refractivity contribution in [3.63, 3.8) is 0 Å². The normalized spacial score (nSPS) is 11.4. The van der Waals surface area contributed by atoms with Crippen LogP contribution < -0.4 is 4.74 Å². The van der Waals surface area contributed by atoms with E-state index in [-0.39, 0.29) is 28.7 Å². The minimum absolute atomic E-state index is 0.0253. The van der Waals surface area contributed by atoms with Crippen LogP contribution in [0, 0.1) is 0 Å². The summed E-state index contributed by atoms with van der Waals surface area (Å²) in [6.07, 6.45) is 0. The predicted octanol–water partition coefficient (Wildman–Crippen LogP) is 3.48. The second-order valence-corrected chi connectivity index (χ2v) is 8.28. The Morgan fingerprint density at radius 1 is 1.04 bits per heavy atom. The van der Waals surface area contributed by atoms with Crippen LogP contribution in [0.1, 0.15) is 10.4 Å².